The van der Waals surface area contributed by atoms with Gasteiger partial charge in [0.25, 0.3) is 11.4 Å². The molecule has 2 saturated heterocycles. The highest BCUT2D eigenvalue weighted by atomic mass is 35.5. The summed E-state index contributed by atoms with van der Waals surface area (Å²) in [7, 11) is 0. The number of anilines is 1. The maximum absolute atomic E-state index is 10.8. The smallest absolute Gasteiger partial charge is 0.289 e. The molecule has 0 aromatic heterocycles. The lowest BCUT2D eigenvalue weighted by Crippen LogP contribution is -2.36. The number of nitrogens with zero attached hydrogens (tertiary/aromatic N) is 5. The number of nitriles is 2. The van der Waals surface area contributed by atoms with E-state index in [0.29, 0.717) is 26.3 Å². The summed E-state index contributed by atoms with van der Waals surface area (Å²) in [6.45, 7) is 6.49. The molecule has 2 aliphatic rings. The first kappa shape index (κ1) is 27.4. The molecule has 0 bridgehead atoms. The average Bonchev–Trinajstić information content (AvgIpc) is 2.90. The molecule has 0 saturated carbocycles. The van der Waals surface area contributed by atoms with Crippen molar-refractivity contribution in [3.8, 4) is 12.1 Å². The van der Waals surface area contributed by atoms with Crippen molar-refractivity contribution >= 4 is 28.7 Å². The SMILES string of the molecule is C1COCCN1.N#Cc1ccc(Cl)cc1[N+](=O)[O-].N#Cc1ccc(N2CCOCC2)cc1[N+](=O)[O-]. The van der Waals surface area contributed by atoms with Crippen LogP contribution in [0.3, 0.4) is 0 Å². The second kappa shape index (κ2) is 14.5. The van der Waals surface area contributed by atoms with Crippen LogP contribution in [0, 0.1) is 42.9 Å². The van der Waals surface area contributed by atoms with Crippen LogP contribution < -0.4 is 10.2 Å². The summed E-state index contributed by atoms with van der Waals surface area (Å²) in [5.74, 6) is 0. The Hall–Kier alpha value is -3.81. The molecule has 0 spiro atoms. The highest BCUT2D eigenvalue weighted by Gasteiger charge is 2.18. The maximum Gasteiger partial charge on any atom is 0.289 e. The highest BCUT2D eigenvalue weighted by Crippen LogP contribution is 2.25. The first-order valence-corrected chi connectivity index (χ1v) is 10.9. The molecule has 1 N–H and O–H groups in total. The fraction of sp³-hybridized carbons (Fsp3) is 0.364. The second-order valence-electron chi connectivity index (χ2n) is 7.06. The number of halogens is 1. The van der Waals surface area contributed by atoms with E-state index in [9.17, 15) is 20.2 Å². The van der Waals surface area contributed by atoms with Crippen LogP contribution in [0.15, 0.2) is 36.4 Å². The number of hydrogen-bond acceptors (Lipinski definition) is 10. The van der Waals surface area contributed by atoms with Crippen LogP contribution in [0.2, 0.25) is 5.02 Å². The summed E-state index contributed by atoms with van der Waals surface area (Å²) in [5.41, 5.74) is 0.469. The van der Waals surface area contributed by atoms with E-state index < -0.39 is 9.85 Å². The van der Waals surface area contributed by atoms with Gasteiger partial charge in [0.2, 0.25) is 0 Å². The predicted octanol–water partition coefficient (Wildman–Crippen LogP) is 3.03. The van der Waals surface area contributed by atoms with Gasteiger partial charge in [0, 0.05) is 49.0 Å². The summed E-state index contributed by atoms with van der Waals surface area (Å²) in [4.78, 5) is 22.0. The van der Waals surface area contributed by atoms with E-state index in [1.807, 2.05) is 11.0 Å². The zero-order chi connectivity index (χ0) is 25.6. The normalized spacial score (nSPS) is 14.7. The number of rotatable bonds is 3. The van der Waals surface area contributed by atoms with Gasteiger partial charge < -0.3 is 19.7 Å². The number of nitro benzene ring substituents is 2. The van der Waals surface area contributed by atoms with Crippen LogP contribution in [0.4, 0.5) is 17.1 Å². The molecule has 4 rings (SSSR count). The zero-order valence-electron chi connectivity index (χ0n) is 18.7. The lowest BCUT2D eigenvalue weighted by atomic mass is 10.1. The van der Waals surface area contributed by atoms with E-state index in [4.69, 9.17) is 31.6 Å². The fourth-order valence-corrected chi connectivity index (χ4v) is 3.22. The number of benzene rings is 2. The van der Waals surface area contributed by atoms with Crippen LogP contribution in [-0.4, -0.2) is 62.5 Å². The average molecular weight is 503 g/mol. The summed E-state index contributed by atoms with van der Waals surface area (Å²) < 4.78 is 10.2. The quantitative estimate of drug-likeness (QED) is 0.486. The number of hydrogen-bond donors (Lipinski definition) is 1. The molecule has 0 aliphatic carbocycles. The molecule has 2 fully saturated rings. The molecule has 0 radical (unpaired) electrons. The molecule has 0 amide bonds. The van der Waals surface area contributed by atoms with Crippen molar-refractivity contribution in [3.63, 3.8) is 0 Å². The van der Waals surface area contributed by atoms with E-state index in [-0.39, 0.29) is 27.5 Å². The number of morpholine rings is 2. The van der Waals surface area contributed by atoms with Crippen molar-refractivity contribution in [1.82, 2.24) is 5.32 Å². The zero-order valence-corrected chi connectivity index (χ0v) is 19.4. The van der Waals surface area contributed by atoms with Gasteiger partial charge in [0.1, 0.15) is 23.3 Å². The third-order valence-electron chi connectivity index (χ3n) is 4.80. The Morgan fingerprint density at radius 1 is 0.857 bits per heavy atom. The van der Waals surface area contributed by atoms with E-state index in [1.165, 1.54) is 24.3 Å². The van der Waals surface area contributed by atoms with Gasteiger partial charge in [0.05, 0.1) is 36.3 Å². The van der Waals surface area contributed by atoms with Gasteiger partial charge in [-0.25, -0.2) is 0 Å². The minimum atomic E-state index is -0.634. The van der Waals surface area contributed by atoms with Crippen LogP contribution in [0.1, 0.15) is 11.1 Å². The van der Waals surface area contributed by atoms with Crippen molar-refractivity contribution in [2.24, 2.45) is 0 Å². The largest absolute Gasteiger partial charge is 0.379 e. The molecule has 13 heteroatoms. The van der Waals surface area contributed by atoms with E-state index in [2.05, 4.69) is 5.32 Å². The monoisotopic (exact) mass is 502 g/mol. The van der Waals surface area contributed by atoms with Crippen LogP contribution in [0.25, 0.3) is 0 Å². The number of ether oxygens (including phenoxy) is 2. The molecule has 0 atom stereocenters. The van der Waals surface area contributed by atoms with Crippen molar-refractivity contribution in [2.45, 2.75) is 0 Å². The molecule has 12 nitrogen and oxygen atoms in total. The third-order valence-corrected chi connectivity index (χ3v) is 5.03. The van der Waals surface area contributed by atoms with Crippen LogP contribution in [-0.2, 0) is 9.47 Å². The minimum Gasteiger partial charge on any atom is -0.379 e. The highest BCUT2D eigenvalue weighted by molar-refractivity contribution is 6.30. The van der Waals surface area contributed by atoms with Crippen molar-refractivity contribution in [2.75, 3.05) is 57.5 Å². The summed E-state index contributed by atoms with van der Waals surface area (Å²) in [6.07, 6.45) is 0. The van der Waals surface area contributed by atoms with Gasteiger partial charge in [-0.1, -0.05) is 11.6 Å². The lowest BCUT2D eigenvalue weighted by molar-refractivity contribution is -0.385. The first-order valence-electron chi connectivity index (χ1n) is 10.5. The topological polar surface area (TPSA) is 168 Å². The molecule has 2 heterocycles. The minimum absolute atomic E-state index is 0.0180. The Labute approximate surface area is 206 Å². The lowest BCUT2D eigenvalue weighted by Gasteiger charge is -2.28. The van der Waals surface area contributed by atoms with Gasteiger partial charge in [-0.05, 0) is 24.3 Å². The van der Waals surface area contributed by atoms with Gasteiger partial charge >= 0.3 is 0 Å². The second-order valence-corrected chi connectivity index (χ2v) is 7.50. The first-order chi connectivity index (χ1) is 16.9. The van der Waals surface area contributed by atoms with Crippen LogP contribution in [0.5, 0.6) is 0 Å². The van der Waals surface area contributed by atoms with Gasteiger partial charge in [-0.15, -0.1) is 0 Å². The fourth-order valence-electron chi connectivity index (χ4n) is 3.05. The summed E-state index contributed by atoms with van der Waals surface area (Å²) in [6, 6.07) is 12.1. The Morgan fingerprint density at radius 3 is 1.83 bits per heavy atom. The molecular weight excluding hydrogens is 480 g/mol. The standard InChI is InChI=1S/C11H11N3O3.C7H3ClN2O2.C4H9NO/c12-8-9-1-2-10(7-11(9)14(15)16)13-3-5-17-6-4-13;8-6-2-1-5(4-9)7(3-6)10(11)12;1-3-6-4-2-5-1/h1-2,7H,3-6H2;1-3H;5H,1-4H2. The molecule has 184 valence electrons. The summed E-state index contributed by atoms with van der Waals surface area (Å²) >= 11 is 5.50. The van der Waals surface area contributed by atoms with Gasteiger partial charge in [-0.2, -0.15) is 10.5 Å². The number of nitrogens with one attached hydrogen (secondary N) is 1. The van der Waals surface area contributed by atoms with E-state index in [0.717, 1.165) is 38.1 Å². The Balaban J connectivity index is 0.000000207. The maximum atomic E-state index is 10.8. The Bertz CT molecular complexity index is 1100. The van der Waals surface area contributed by atoms with Gasteiger partial charge in [-0.3, -0.25) is 20.2 Å². The van der Waals surface area contributed by atoms with Gasteiger partial charge in [0.15, 0.2) is 0 Å². The number of nitro groups is 2. The Morgan fingerprint density at radius 2 is 1.37 bits per heavy atom. The molecule has 2 aromatic rings. The third kappa shape index (κ3) is 8.81. The van der Waals surface area contributed by atoms with Crippen molar-refractivity contribution in [1.29, 1.82) is 10.5 Å². The molecular formula is C22H23ClN6O6. The Kier molecular flexibility index (Phi) is 11.3. The summed E-state index contributed by atoms with van der Waals surface area (Å²) in [5, 5.41) is 41.8. The molecule has 35 heavy (non-hydrogen) atoms. The van der Waals surface area contributed by atoms with Crippen molar-refractivity contribution in [3.05, 3.63) is 72.8 Å². The predicted molar refractivity (Wildman–Crippen MR) is 127 cm³/mol. The van der Waals surface area contributed by atoms with Crippen LogP contribution >= 0.6 is 11.6 Å². The van der Waals surface area contributed by atoms with E-state index >= 15 is 0 Å². The molecule has 0 unspecified atom stereocenters. The molecule has 2 aliphatic heterocycles. The molecule has 2 aromatic carbocycles. The van der Waals surface area contributed by atoms with E-state index in [1.54, 1.807) is 12.1 Å². The van der Waals surface area contributed by atoms with Crippen molar-refractivity contribution < 1.29 is 19.3 Å².